The van der Waals surface area contributed by atoms with Gasteiger partial charge in [-0.3, -0.25) is 4.79 Å². The highest BCUT2D eigenvalue weighted by molar-refractivity contribution is 7.89. The Morgan fingerprint density at radius 1 is 1.12 bits per heavy atom. The maximum atomic E-state index is 14.3. The van der Waals surface area contributed by atoms with Gasteiger partial charge in [0.15, 0.2) is 0 Å². The van der Waals surface area contributed by atoms with Crippen LogP contribution in [0.5, 0.6) is 0 Å². The monoisotopic (exact) mass is 382 g/mol. The smallest absolute Gasteiger partial charge is 0.251 e. The molecule has 1 aliphatic carbocycles. The quantitative estimate of drug-likeness (QED) is 0.869. The van der Waals surface area contributed by atoms with E-state index < -0.39 is 20.7 Å². The van der Waals surface area contributed by atoms with Gasteiger partial charge in [-0.1, -0.05) is 26.2 Å². The number of halogens is 1. The van der Waals surface area contributed by atoms with E-state index in [1.54, 1.807) is 0 Å². The number of carbonyl (C=O) groups is 1. The summed E-state index contributed by atoms with van der Waals surface area (Å²) in [6, 6.07) is 3.73. The SMILES string of the molecule is CC1CCN(S(=O)(=O)c2cc(C(=O)NC3CCCCC3)ccc2F)CC1. The van der Waals surface area contributed by atoms with Gasteiger partial charge < -0.3 is 5.32 Å². The standard InChI is InChI=1S/C19H27FN2O3S/c1-14-9-11-22(12-10-14)26(24,25)18-13-15(7-8-17(18)20)19(23)21-16-5-3-2-4-6-16/h7-8,13-14,16H,2-6,9-12H2,1H3,(H,21,23). The number of rotatable bonds is 4. The lowest BCUT2D eigenvalue weighted by Gasteiger charge is -2.29. The van der Waals surface area contributed by atoms with E-state index in [-0.39, 0.29) is 17.5 Å². The van der Waals surface area contributed by atoms with Gasteiger partial charge in [-0.25, -0.2) is 12.8 Å². The summed E-state index contributed by atoms with van der Waals surface area (Å²) < 4.78 is 41.3. The summed E-state index contributed by atoms with van der Waals surface area (Å²) in [5.74, 6) is -0.669. The second kappa shape index (κ2) is 8.05. The summed E-state index contributed by atoms with van der Waals surface area (Å²) in [5, 5.41) is 2.95. The summed E-state index contributed by atoms with van der Waals surface area (Å²) in [7, 11) is -3.93. The highest BCUT2D eigenvalue weighted by Crippen LogP contribution is 2.26. The molecule has 1 saturated carbocycles. The van der Waals surface area contributed by atoms with Crippen LogP contribution in [0.1, 0.15) is 62.2 Å². The molecule has 1 aliphatic heterocycles. The lowest BCUT2D eigenvalue weighted by atomic mass is 9.95. The summed E-state index contributed by atoms with van der Waals surface area (Å²) in [6.07, 6.45) is 6.75. The molecular weight excluding hydrogens is 355 g/mol. The third-order valence-corrected chi connectivity index (χ3v) is 7.41. The van der Waals surface area contributed by atoms with Crippen LogP contribution < -0.4 is 5.32 Å². The van der Waals surface area contributed by atoms with Crippen LogP contribution in [0.3, 0.4) is 0 Å². The normalized spacial score (nSPS) is 20.8. The number of carbonyl (C=O) groups excluding carboxylic acids is 1. The number of sulfonamides is 1. The van der Waals surface area contributed by atoms with E-state index in [0.717, 1.165) is 44.6 Å². The molecule has 0 unspecified atom stereocenters. The molecule has 3 rings (SSSR count). The maximum absolute atomic E-state index is 14.3. The lowest BCUT2D eigenvalue weighted by molar-refractivity contribution is 0.0927. The number of amides is 1. The Kier molecular flexibility index (Phi) is 5.97. The van der Waals surface area contributed by atoms with Crippen molar-refractivity contribution in [2.24, 2.45) is 5.92 Å². The molecule has 2 aliphatic rings. The molecule has 1 saturated heterocycles. The summed E-state index contributed by atoms with van der Waals surface area (Å²) >= 11 is 0. The van der Waals surface area contributed by atoms with Gasteiger partial charge in [0.1, 0.15) is 10.7 Å². The van der Waals surface area contributed by atoms with E-state index in [0.29, 0.717) is 19.0 Å². The van der Waals surface area contributed by atoms with Crippen LogP contribution in [0.4, 0.5) is 4.39 Å². The Hall–Kier alpha value is -1.47. The molecule has 0 bridgehead atoms. The molecule has 0 aromatic heterocycles. The fourth-order valence-electron chi connectivity index (χ4n) is 3.72. The van der Waals surface area contributed by atoms with Crippen LogP contribution in [0, 0.1) is 11.7 Å². The fraction of sp³-hybridized carbons (Fsp3) is 0.632. The van der Waals surface area contributed by atoms with Gasteiger partial charge >= 0.3 is 0 Å². The summed E-state index contributed by atoms with van der Waals surface area (Å²) in [6.45, 7) is 2.86. The van der Waals surface area contributed by atoms with Crippen molar-refractivity contribution in [3.05, 3.63) is 29.6 Å². The Balaban J connectivity index is 1.79. The average Bonchev–Trinajstić information content (AvgIpc) is 2.63. The molecule has 1 N–H and O–H groups in total. The molecule has 0 radical (unpaired) electrons. The van der Waals surface area contributed by atoms with Gasteiger partial charge in [0.2, 0.25) is 10.0 Å². The second-order valence-corrected chi connectivity index (χ2v) is 9.45. The summed E-state index contributed by atoms with van der Waals surface area (Å²) in [5.41, 5.74) is 0.195. The van der Waals surface area contributed by atoms with Crippen molar-refractivity contribution in [1.29, 1.82) is 0 Å². The number of nitrogens with one attached hydrogen (secondary N) is 1. The Morgan fingerprint density at radius 2 is 1.77 bits per heavy atom. The van der Waals surface area contributed by atoms with Crippen molar-refractivity contribution < 1.29 is 17.6 Å². The van der Waals surface area contributed by atoms with Crippen molar-refractivity contribution in [3.63, 3.8) is 0 Å². The molecule has 7 heteroatoms. The first-order valence-electron chi connectivity index (χ1n) is 9.48. The zero-order valence-corrected chi connectivity index (χ0v) is 16.0. The largest absolute Gasteiger partial charge is 0.349 e. The van der Waals surface area contributed by atoms with Gasteiger partial charge in [-0.2, -0.15) is 4.31 Å². The minimum atomic E-state index is -3.93. The van der Waals surface area contributed by atoms with Crippen molar-refractivity contribution in [3.8, 4) is 0 Å². The Bertz CT molecular complexity index is 752. The molecule has 144 valence electrons. The van der Waals surface area contributed by atoms with Gasteiger partial charge in [0, 0.05) is 24.7 Å². The number of piperidine rings is 1. The molecule has 0 atom stereocenters. The van der Waals surface area contributed by atoms with Crippen LogP contribution in [-0.2, 0) is 10.0 Å². The molecule has 5 nitrogen and oxygen atoms in total. The highest BCUT2D eigenvalue weighted by atomic mass is 32.2. The minimum absolute atomic E-state index is 0.116. The fourth-order valence-corrected chi connectivity index (χ4v) is 5.28. The molecule has 26 heavy (non-hydrogen) atoms. The van der Waals surface area contributed by atoms with Gasteiger partial charge in [-0.15, -0.1) is 0 Å². The number of nitrogens with zero attached hydrogens (tertiary/aromatic N) is 1. The van der Waals surface area contributed by atoms with E-state index >= 15 is 0 Å². The van der Waals surface area contributed by atoms with Crippen molar-refractivity contribution in [2.45, 2.75) is 62.8 Å². The third-order valence-electron chi connectivity index (χ3n) is 5.49. The predicted molar refractivity (Wildman–Crippen MR) is 97.9 cm³/mol. The second-order valence-electron chi connectivity index (χ2n) is 7.54. The van der Waals surface area contributed by atoms with Crippen LogP contribution in [0.15, 0.2) is 23.1 Å². The predicted octanol–water partition coefficient (Wildman–Crippen LogP) is 3.31. The molecule has 0 spiro atoms. The third kappa shape index (κ3) is 4.26. The average molecular weight is 383 g/mol. The summed E-state index contributed by atoms with van der Waals surface area (Å²) in [4.78, 5) is 12.1. The van der Waals surface area contributed by atoms with E-state index in [4.69, 9.17) is 0 Å². The minimum Gasteiger partial charge on any atom is -0.349 e. The van der Waals surface area contributed by atoms with E-state index in [2.05, 4.69) is 12.2 Å². The number of hydrogen-bond donors (Lipinski definition) is 1. The van der Waals surface area contributed by atoms with Crippen LogP contribution in [0.2, 0.25) is 0 Å². The van der Waals surface area contributed by atoms with Crippen LogP contribution in [0.25, 0.3) is 0 Å². The molecule has 1 heterocycles. The van der Waals surface area contributed by atoms with E-state index in [9.17, 15) is 17.6 Å². The molecule has 2 fully saturated rings. The Morgan fingerprint density at radius 3 is 2.42 bits per heavy atom. The molecular formula is C19H27FN2O3S. The first-order chi connectivity index (χ1) is 12.4. The highest BCUT2D eigenvalue weighted by Gasteiger charge is 2.31. The topological polar surface area (TPSA) is 66.5 Å². The van der Waals surface area contributed by atoms with Gasteiger partial charge in [0.25, 0.3) is 5.91 Å². The van der Waals surface area contributed by atoms with Crippen LogP contribution in [-0.4, -0.2) is 37.8 Å². The van der Waals surface area contributed by atoms with Crippen molar-refractivity contribution in [1.82, 2.24) is 9.62 Å². The maximum Gasteiger partial charge on any atom is 0.251 e. The zero-order valence-electron chi connectivity index (χ0n) is 15.2. The van der Waals surface area contributed by atoms with Gasteiger partial charge in [0.05, 0.1) is 0 Å². The number of hydrogen-bond acceptors (Lipinski definition) is 3. The first kappa shape index (κ1) is 19.3. The zero-order chi connectivity index (χ0) is 18.7. The van der Waals surface area contributed by atoms with Crippen molar-refractivity contribution in [2.75, 3.05) is 13.1 Å². The van der Waals surface area contributed by atoms with Crippen LogP contribution >= 0.6 is 0 Å². The van der Waals surface area contributed by atoms with Crippen molar-refractivity contribution >= 4 is 15.9 Å². The molecule has 1 amide bonds. The van der Waals surface area contributed by atoms with Gasteiger partial charge in [-0.05, 0) is 49.8 Å². The van der Waals surface area contributed by atoms with E-state index in [1.165, 1.54) is 22.9 Å². The Labute approximate surface area is 155 Å². The molecule has 1 aromatic rings. The first-order valence-corrected chi connectivity index (χ1v) is 10.9. The number of benzene rings is 1. The van der Waals surface area contributed by atoms with E-state index in [1.807, 2.05) is 0 Å². The lowest BCUT2D eigenvalue weighted by Crippen LogP contribution is -2.38. The molecule has 1 aromatic carbocycles.